The molecule has 100 valence electrons. The number of nitrogens with two attached hydrogens (primary N) is 1. The van der Waals surface area contributed by atoms with Gasteiger partial charge in [-0.15, -0.1) is 0 Å². The van der Waals surface area contributed by atoms with Crippen LogP contribution in [0.1, 0.15) is 18.9 Å². The molecule has 1 aromatic rings. The third-order valence-electron chi connectivity index (χ3n) is 3.52. The Morgan fingerprint density at radius 1 is 1.53 bits per heavy atom. The number of benzene rings is 1. The highest BCUT2D eigenvalue weighted by Crippen LogP contribution is 2.23. The van der Waals surface area contributed by atoms with E-state index in [1.807, 2.05) is 17.9 Å². The number of nitrogens with zero attached hydrogens (tertiary/aromatic N) is 2. The molecular weight excluding hydrogens is 240 g/mol. The first kappa shape index (κ1) is 13.4. The molecule has 1 aromatic carbocycles. The zero-order chi connectivity index (χ0) is 13.8. The Balaban J connectivity index is 1.99. The van der Waals surface area contributed by atoms with Crippen molar-refractivity contribution in [1.82, 2.24) is 4.90 Å². The third-order valence-corrected chi connectivity index (χ3v) is 3.52. The van der Waals surface area contributed by atoms with E-state index in [9.17, 15) is 4.79 Å². The monoisotopic (exact) mass is 258 g/mol. The normalized spacial score (nSPS) is 22.1. The van der Waals surface area contributed by atoms with Gasteiger partial charge in [-0.1, -0.05) is 0 Å². The van der Waals surface area contributed by atoms with E-state index < -0.39 is 0 Å². The molecule has 1 fully saturated rings. The minimum absolute atomic E-state index is 0.104. The van der Waals surface area contributed by atoms with Crippen LogP contribution in [0, 0.1) is 17.2 Å². The standard InChI is InChI=1S/C14H18N4O/c1-10-6-12(8-16)9-18(10)14(19)17-13-4-2-11(7-15)3-5-13/h2-5,10,12H,6,8-9,16H2,1H3,(H,17,19). The number of urea groups is 1. The number of anilines is 1. The van der Waals surface area contributed by atoms with Crippen LogP contribution in [0.2, 0.25) is 0 Å². The molecule has 5 nitrogen and oxygen atoms in total. The number of nitriles is 1. The van der Waals surface area contributed by atoms with Crippen LogP contribution in [-0.2, 0) is 0 Å². The van der Waals surface area contributed by atoms with Gasteiger partial charge in [0.25, 0.3) is 0 Å². The van der Waals surface area contributed by atoms with Gasteiger partial charge < -0.3 is 16.0 Å². The van der Waals surface area contributed by atoms with Crippen molar-refractivity contribution in [3.8, 4) is 6.07 Å². The van der Waals surface area contributed by atoms with E-state index in [0.29, 0.717) is 30.3 Å². The zero-order valence-electron chi connectivity index (χ0n) is 11.0. The first-order valence-corrected chi connectivity index (χ1v) is 6.42. The highest BCUT2D eigenvalue weighted by Gasteiger charge is 2.31. The molecule has 3 N–H and O–H groups in total. The largest absolute Gasteiger partial charge is 0.330 e. The molecule has 1 saturated heterocycles. The van der Waals surface area contributed by atoms with E-state index in [-0.39, 0.29) is 12.1 Å². The molecule has 2 amide bonds. The maximum atomic E-state index is 12.2. The summed E-state index contributed by atoms with van der Waals surface area (Å²) in [5, 5.41) is 11.6. The molecule has 5 heteroatoms. The number of likely N-dealkylation sites (tertiary alicyclic amines) is 1. The second-order valence-electron chi connectivity index (χ2n) is 4.96. The minimum atomic E-state index is -0.104. The van der Waals surface area contributed by atoms with Gasteiger partial charge in [-0.3, -0.25) is 0 Å². The van der Waals surface area contributed by atoms with Gasteiger partial charge in [0.1, 0.15) is 0 Å². The van der Waals surface area contributed by atoms with Gasteiger partial charge >= 0.3 is 6.03 Å². The summed E-state index contributed by atoms with van der Waals surface area (Å²) in [5.74, 6) is 0.390. The molecule has 1 heterocycles. The van der Waals surface area contributed by atoms with Crippen LogP contribution in [0.3, 0.4) is 0 Å². The summed E-state index contributed by atoms with van der Waals surface area (Å²) >= 11 is 0. The van der Waals surface area contributed by atoms with Crippen molar-refractivity contribution in [2.45, 2.75) is 19.4 Å². The average molecular weight is 258 g/mol. The van der Waals surface area contributed by atoms with E-state index >= 15 is 0 Å². The van der Waals surface area contributed by atoms with Crippen LogP contribution in [0.15, 0.2) is 24.3 Å². The van der Waals surface area contributed by atoms with Gasteiger partial charge in [0.2, 0.25) is 0 Å². The van der Waals surface area contributed by atoms with Gasteiger partial charge in [-0.2, -0.15) is 5.26 Å². The van der Waals surface area contributed by atoms with Crippen molar-refractivity contribution in [1.29, 1.82) is 5.26 Å². The highest BCUT2D eigenvalue weighted by atomic mass is 16.2. The predicted octanol–water partition coefficient (Wildman–Crippen LogP) is 1.76. The van der Waals surface area contributed by atoms with E-state index in [0.717, 1.165) is 6.42 Å². The van der Waals surface area contributed by atoms with Crippen molar-refractivity contribution in [3.05, 3.63) is 29.8 Å². The average Bonchev–Trinajstić information content (AvgIpc) is 2.81. The summed E-state index contributed by atoms with van der Waals surface area (Å²) in [5.41, 5.74) is 6.93. The molecule has 2 rings (SSSR count). The molecule has 2 unspecified atom stereocenters. The van der Waals surface area contributed by atoms with E-state index in [1.165, 1.54) is 0 Å². The lowest BCUT2D eigenvalue weighted by Crippen LogP contribution is -2.37. The van der Waals surface area contributed by atoms with Gasteiger partial charge in [0.15, 0.2) is 0 Å². The smallest absolute Gasteiger partial charge is 0.322 e. The van der Waals surface area contributed by atoms with Crippen LogP contribution in [0.5, 0.6) is 0 Å². The predicted molar refractivity (Wildman–Crippen MR) is 73.5 cm³/mol. The lowest BCUT2D eigenvalue weighted by Gasteiger charge is -2.22. The van der Waals surface area contributed by atoms with Gasteiger partial charge in [-0.25, -0.2) is 4.79 Å². The quantitative estimate of drug-likeness (QED) is 0.848. The maximum Gasteiger partial charge on any atom is 0.322 e. The lowest BCUT2D eigenvalue weighted by atomic mass is 10.1. The Morgan fingerprint density at radius 3 is 2.74 bits per heavy atom. The fourth-order valence-electron chi connectivity index (χ4n) is 2.42. The van der Waals surface area contributed by atoms with Crippen molar-refractivity contribution >= 4 is 11.7 Å². The Labute approximate surface area is 113 Å². The number of rotatable bonds is 2. The van der Waals surface area contributed by atoms with Gasteiger partial charge in [0.05, 0.1) is 11.6 Å². The second kappa shape index (κ2) is 5.72. The lowest BCUT2D eigenvalue weighted by molar-refractivity contribution is 0.209. The first-order chi connectivity index (χ1) is 9.13. The molecule has 1 aliphatic heterocycles. The number of hydrogen-bond donors (Lipinski definition) is 2. The van der Waals surface area contributed by atoms with Crippen LogP contribution < -0.4 is 11.1 Å². The Bertz CT molecular complexity index is 491. The molecular formula is C14H18N4O. The van der Waals surface area contributed by atoms with Crippen LogP contribution >= 0.6 is 0 Å². The molecule has 1 aliphatic rings. The topological polar surface area (TPSA) is 82.2 Å². The zero-order valence-corrected chi connectivity index (χ0v) is 11.0. The molecule has 0 radical (unpaired) electrons. The summed E-state index contributed by atoms with van der Waals surface area (Å²) in [6, 6.07) is 9.00. The second-order valence-corrected chi connectivity index (χ2v) is 4.96. The summed E-state index contributed by atoms with van der Waals surface area (Å²) in [4.78, 5) is 14.0. The molecule has 19 heavy (non-hydrogen) atoms. The third kappa shape index (κ3) is 3.04. The molecule has 2 atom stereocenters. The van der Waals surface area contributed by atoms with E-state index in [2.05, 4.69) is 5.32 Å². The van der Waals surface area contributed by atoms with Gasteiger partial charge in [0, 0.05) is 18.3 Å². The van der Waals surface area contributed by atoms with Crippen molar-refractivity contribution in [2.24, 2.45) is 11.7 Å². The first-order valence-electron chi connectivity index (χ1n) is 6.42. The van der Waals surface area contributed by atoms with Crippen molar-refractivity contribution < 1.29 is 4.79 Å². The van der Waals surface area contributed by atoms with Crippen molar-refractivity contribution in [3.63, 3.8) is 0 Å². The van der Waals surface area contributed by atoms with Crippen LogP contribution in [0.4, 0.5) is 10.5 Å². The number of hydrogen-bond acceptors (Lipinski definition) is 3. The number of nitrogens with one attached hydrogen (secondary N) is 1. The molecule has 0 aromatic heterocycles. The number of carbonyl (C=O) groups is 1. The molecule has 0 spiro atoms. The Kier molecular flexibility index (Phi) is 4.03. The summed E-state index contributed by atoms with van der Waals surface area (Å²) in [7, 11) is 0. The number of carbonyl (C=O) groups excluding carboxylic acids is 1. The maximum absolute atomic E-state index is 12.2. The Hall–Kier alpha value is -2.06. The number of amides is 2. The SMILES string of the molecule is CC1CC(CN)CN1C(=O)Nc1ccc(C#N)cc1. The summed E-state index contributed by atoms with van der Waals surface area (Å²) in [6.45, 7) is 3.36. The fourth-order valence-corrected chi connectivity index (χ4v) is 2.42. The summed E-state index contributed by atoms with van der Waals surface area (Å²) in [6.07, 6.45) is 0.956. The minimum Gasteiger partial charge on any atom is -0.330 e. The van der Waals surface area contributed by atoms with Crippen LogP contribution in [-0.4, -0.2) is 30.1 Å². The summed E-state index contributed by atoms with van der Waals surface area (Å²) < 4.78 is 0. The van der Waals surface area contributed by atoms with Crippen LogP contribution in [0.25, 0.3) is 0 Å². The van der Waals surface area contributed by atoms with Gasteiger partial charge in [-0.05, 0) is 50.1 Å². The Morgan fingerprint density at radius 2 is 2.21 bits per heavy atom. The van der Waals surface area contributed by atoms with E-state index in [1.54, 1.807) is 24.3 Å². The molecule has 0 aliphatic carbocycles. The highest BCUT2D eigenvalue weighted by molar-refractivity contribution is 5.89. The molecule has 0 bridgehead atoms. The van der Waals surface area contributed by atoms with Crippen molar-refractivity contribution in [2.75, 3.05) is 18.4 Å². The fraction of sp³-hybridized carbons (Fsp3) is 0.429. The van der Waals surface area contributed by atoms with E-state index in [4.69, 9.17) is 11.0 Å². The molecule has 0 saturated carbocycles.